The van der Waals surface area contributed by atoms with E-state index in [1.807, 2.05) is 0 Å². The van der Waals surface area contributed by atoms with Crippen LogP contribution >= 0.6 is 0 Å². The molecular formula is C7H14N2O2S. The quantitative estimate of drug-likeness (QED) is 0.680. The second-order valence-corrected chi connectivity index (χ2v) is 5.65. The fraction of sp³-hybridized carbons (Fsp3) is 0.857. The van der Waals surface area contributed by atoms with Gasteiger partial charge in [-0.25, -0.2) is 4.21 Å². The van der Waals surface area contributed by atoms with Crippen molar-refractivity contribution in [1.82, 2.24) is 4.90 Å². The molecule has 0 spiro atoms. The van der Waals surface area contributed by atoms with Gasteiger partial charge in [0.1, 0.15) is 0 Å². The van der Waals surface area contributed by atoms with Gasteiger partial charge in [0.05, 0.1) is 5.25 Å². The highest BCUT2D eigenvalue weighted by molar-refractivity contribution is 7.92. The van der Waals surface area contributed by atoms with E-state index in [1.54, 1.807) is 11.8 Å². The zero-order chi connectivity index (χ0) is 9.35. The first-order chi connectivity index (χ1) is 5.45. The molecule has 1 aliphatic heterocycles. The number of amides is 1. The Morgan fingerprint density at radius 2 is 2.17 bits per heavy atom. The smallest absolute Gasteiger partial charge is 0.222 e. The number of hydrogen-bond donors (Lipinski definition) is 1. The predicted molar refractivity (Wildman–Crippen MR) is 47.4 cm³/mol. The van der Waals surface area contributed by atoms with Crippen molar-refractivity contribution in [2.24, 2.45) is 0 Å². The fourth-order valence-corrected chi connectivity index (χ4v) is 2.08. The van der Waals surface area contributed by atoms with Gasteiger partial charge < -0.3 is 4.90 Å². The van der Waals surface area contributed by atoms with Gasteiger partial charge in [-0.05, 0) is 0 Å². The van der Waals surface area contributed by atoms with Crippen LogP contribution in [0.15, 0.2) is 0 Å². The Hall–Kier alpha value is -0.580. The van der Waals surface area contributed by atoms with Crippen molar-refractivity contribution in [3.8, 4) is 0 Å². The first-order valence-electron chi connectivity index (χ1n) is 3.95. The molecule has 1 atom stereocenters. The molecule has 70 valence electrons. The lowest BCUT2D eigenvalue weighted by Gasteiger charge is -2.38. The van der Waals surface area contributed by atoms with Gasteiger partial charge >= 0.3 is 0 Å². The summed E-state index contributed by atoms with van der Waals surface area (Å²) >= 11 is 0. The molecule has 1 aliphatic rings. The molecular weight excluding hydrogens is 176 g/mol. The van der Waals surface area contributed by atoms with Crippen LogP contribution < -0.4 is 0 Å². The van der Waals surface area contributed by atoms with Gasteiger partial charge in [0.15, 0.2) is 0 Å². The first kappa shape index (κ1) is 9.51. The van der Waals surface area contributed by atoms with E-state index in [-0.39, 0.29) is 11.2 Å². The monoisotopic (exact) mass is 190 g/mol. The van der Waals surface area contributed by atoms with E-state index in [4.69, 9.17) is 4.78 Å². The van der Waals surface area contributed by atoms with Crippen molar-refractivity contribution in [3.05, 3.63) is 0 Å². The third-order valence-corrected chi connectivity index (χ3v) is 3.71. The van der Waals surface area contributed by atoms with Crippen molar-refractivity contribution in [1.29, 1.82) is 4.78 Å². The van der Waals surface area contributed by atoms with E-state index in [2.05, 4.69) is 0 Å². The molecule has 1 heterocycles. The van der Waals surface area contributed by atoms with Crippen molar-refractivity contribution in [2.45, 2.75) is 18.6 Å². The molecule has 5 heteroatoms. The highest BCUT2D eigenvalue weighted by Crippen LogP contribution is 2.16. The Bertz CT molecular complexity index is 278. The number of carbonyl (C=O) groups excluding carboxylic acids is 1. The molecule has 0 aliphatic carbocycles. The van der Waals surface area contributed by atoms with E-state index in [0.29, 0.717) is 19.5 Å². The average Bonchev–Trinajstić information content (AvgIpc) is 1.80. The Balaban J connectivity index is 2.44. The third-order valence-electron chi connectivity index (χ3n) is 2.14. The molecule has 1 unspecified atom stereocenters. The number of carbonyl (C=O) groups is 1. The highest BCUT2D eigenvalue weighted by atomic mass is 32.2. The minimum atomic E-state index is -2.43. The van der Waals surface area contributed by atoms with Crippen LogP contribution in [0, 0.1) is 4.78 Å². The van der Waals surface area contributed by atoms with Crippen molar-refractivity contribution in [3.63, 3.8) is 0 Å². The maximum Gasteiger partial charge on any atom is 0.222 e. The van der Waals surface area contributed by atoms with E-state index < -0.39 is 9.73 Å². The summed E-state index contributed by atoms with van der Waals surface area (Å²) in [4.78, 5) is 12.7. The molecule has 1 amide bonds. The zero-order valence-corrected chi connectivity index (χ0v) is 8.19. The number of nitrogens with one attached hydrogen (secondary N) is 1. The lowest BCUT2D eigenvalue weighted by atomic mass is 10.2. The summed E-state index contributed by atoms with van der Waals surface area (Å²) in [7, 11) is -2.43. The minimum absolute atomic E-state index is 0.0925. The van der Waals surface area contributed by atoms with Gasteiger partial charge in [-0.15, -0.1) is 0 Å². The largest absolute Gasteiger partial charge is 0.340 e. The molecule has 1 N–H and O–H groups in total. The molecule has 0 saturated carbocycles. The topological polar surface area (TPSA) is 61.2 Å². The van der Waals surface area contributed by atoms with Crippen LogP contribution in [0.1, 0.15) is 13.3 Å². The second kappa shape index (κ2) is 3.05. The Kier molecular flexibility index (Phi) is 2.41. The van der Waals surface area contributed by atoms with Crippen LogP contribution in [0.25, 0.3) is 0 Å². The zero-order valence-electron chi connectivity index (χ0n) is 7.37. The van der Waals surface area contributed by atoms with Crippen LogP contribution in [-0.2, 0) is 14.5 Å². The van der Waals surface area contributed by atoms with Crippen LogP contribution in [0.4, 0.5) is 0 Å². The third kappa shape index (κ3) is 1.77. The summed E-state index contributed by atoms with van der Waals surface area (Å²) in [5, 5.41) is -0.104. The second-order valence-electron chi connectivity index (χ2n) is 3.18. The molecule has 0 bridgehead atoms. The van der Waals surface area contributed by atoms with Gasteiger partial charge in [-0.3, -0.25) is 9.57 Å². The van der Waals surface area contributed by atoms with Gasteiger partial charge in [0, 0.05) is 35.5 Å². The molecule has 1 fully saturated rings. The summed E-state index contributed by atoms with van der Waals surface area (Å²) in [6, 6.07) is 0. The molecule has 1 saturated heterocycles. The molecule has 12 heavy (non-hydrogen) atoms. The van der Waals surface area contributed by atoms with Crippen molar-refractivity contribution >= 4 is 15.6 Å². The molecule has 0 radical (unpaired) electrons. The summed E-state index contributed by atoms with van der Waals surface area (Å²) in [6.07, 6.45) is 1.93. The summed E-state index contributed by atoms with van der Waals surface area (Å²) < 4.78 is 18.4. The van der Waals surface area contributed by atoms with Crippen molar-refractivity contribution in [2.75, 3.05) is 19.3 Å². The Morgan fingerprint density at radius 1 is 1.67 bits per heavy atom. The van der Waals surface area contributed by atoms with Crippen LogP contribution in [-0.4, -0.2) is 39.6 Å². The average molecular weight is 190 g/mol. The molecule has 4 nitrogen and oxygen atoms in total. The lowest BCUT2D eigenvalue weighted by Crippen LogP contribution is -2.56. The van der Waals surface area contributed by atoms with Gasteiger partial charge in [0.25, 0.3) is 0 Å². The maximum absolute atomic E-state index is 11.2. The summed E-state index contributed by atoms with van der Waals surface area (Å²) in [6.45, 7) is 2.82. The number of rotatable bonds is 2. The lowest BCUT2D eigenvalue weighted by molar-refractivity contribution is -0.133. The Labute approximate surface area is 72.9 Å². The molecule has 1 rings (SSSR count). The SMILES string of the molecule is CCC(=O)N1CC(S(C)(=N)=O)C1. The number of nitrogens with zero attached hydrogens (tertiary/aromatic N) is 1. The first-order valence-corrected chi connectivity index (χ1v) is 5.98. The molecule has 0 aromatic heterocycles. The summed E-state index contributed by atoms with van der Waals surface area (Å²) in [5.41, 5.74) is 0. The van der Waals surface area contributed by atoms with E-state index in [0.717, 1.165) is 0 Å². The standard InChI is InChI=1S/C7H14N2O2S/c1-3-7(10)9-4-6(5-9)12(2,8)11/h6,8H,3-5H2,1-2H3. The maximum atomic E-state index is 11.2. The predicted octanol–water partition coefficient (Wildman–Crippen LogP) is 0.284. The molecule has 0 aromatic carbocycles. The van der Waals surface area contributed by atoms with E-state index >= 15 is 0 Å². The Morgan fingerprint density at radius 3 is 2.50 bits per heavy atom. The van der Waals surface area contributed by atoms with Crippen molar-refractivity contribution < 1.29 is 9.00 Å². The van der Waals surface area contributed by atoms with Gasteiger partial charge in [0.2, 0.25) is 5.91 Å². The summed E-state index contributed by atoms with van der Waals surface area (Å²) in [5.74, 6) is 0.0925. The van der Waals surface area contributed by atoms with E-state index in [1.165, 1.54) is 6.26 Å². The van der Waals surface area contributed by atoms with Gasteiger partial charge in [-0.1, -0.05) is 6.92 Å². The number of likely N-dealkylation sites (tertiary alicyclic amines) is 1. The highest BCUT2D eigenvalue weighted by Gasteiger charge is 2.34. The fourth-order valence-electron chi connectivity index (χ4n) is 1.15. The van der Waals surface area contributed by atoms with Crippen LogP contribution in [0.5, 0.6) is 0 Å². The minimum Gasteiger partial charge on any atom is -0.340 e. The van der Waals surface area contributed by atoms with Crippen LogP contribution in [0.3, 0.4) is 0 Å². The van der Waals surface area contributed by atoms with Crippen LogP contribution in [0.2, 0.25) is 0 Å². The normalized spacial score (nSPS) is 23.0. The van der Waals surface area contributed by atoms with Gasteiger partial charge in [-0.2, -0.15) is 0 Å². The molecule has 0 aromatic rings. The van der Waals surface area contributed by atoms with E-state index in [9.17, 15) is 9.00 Å². The number of hydrogen-bond acceptors (Lipinski definition) is 3.